The molecule has 0 bridgehead atoms. The van der Waals surface area contributed by atoms with Gasteiger partial charge in [-0.1, -0.05) is 6.92 Å². The number of carbonyl (C=O) groups is 1. The maximum atomic E-state index is 14.9. The summed E-state index contributed by atoms with van der Waals surface area (Å²) < 4.78 is 49.2. The number of ether oxygens (including phenoxy) is 1. The lowest BCUT2D eigenvalue weighted by Crippen LogP contribution is -2.55. The molecular weight excluding hydrogens is 473 g/mol. The molecule has 10 heteroatoms. The Morgan fingerprint density at radius 1 is 1.17 bits per heavy atom. The number of ketones is 1. The van der Waals surface area contributed by atoms with Crippen molar-refractivity contribution in [3.8, 4) is 17.0 Å². The van der Waals surface area contributed by atoms with Crippen LogP contribution in [0.3, 0.4) is 0 Å². The van der Waals surface area contributed by atoms with E-state index >= 15 is 0 Å². The second kappa shape index (κ2) is 10.6. The van der Waals surface area contributed by atoms with Gasteiger partial charge in [0.2, 0.25) is 0 Å². The van der Waals surface area contributed by atoms with Crippen molar-refractivity contribution in [3.05, 3.63) is 71.4 Å². The van der Waals surface area contributed by atoms with E-state index in [1.807, 2.05) is 11.8 Å². The average molecular weight is 501 g/mol. The third-order valence-corrected chi connectivity index (χ3v) is 6.25. The molecule has 3 atom stereocenters. The predicted octanol–water partition coefficient (Wildman–Crippen LogP) is 3.53. The van der Waals surface area contributed by atoms with Crippen LogP contribution in [0.25, 0.3) is 11.3 Å². The van der Waals surface area contributed by atoms with Crippen LogP contribution in [0.4, 0.5) is 18.9 Å². The van der Waals surface area contributed by atoms with Gasteiger partial charge in [0.05, 0.1) is 18.3 Å². The van der Waals surface area contributed by atoms with Crippen LogP contribution >= 0.6 is 0 Å². The summed E-state index contributed by atoms with van der Waals surface area (Å²) in [5, 5.41) is 10.2. The van der Waals surface area contributed by atoms with E-state index in [1.54, 1.807) is 25.4 Å². The van der Waals surface area contributed by atoms with E-state index in [1.165, 1.54) is 6.07 Å². The van der Waals surface area contributed by atoms with Gasteiger partial charge in [-0.25, -0.2) is 18.2 Å². The summed E-state index contributed by atoms with van der Waals surface area (Å²) in [7, 11) is 0. The van der Waals surface area contributed by atoms with E-state index in [9.17, 15) is 23.1 Å². The molecule has 3 N–H and O–H groups in total. The minimum Gasteiger partial charge on any atom is -0.491 e. The molecule has 190 valence electrons. The fraction of sp³-hybridized carbons (Fsp3) is 0.346. The normalized spacial score (nSPS) is 19.9. The predicted molar refractivity (Wildman–Crippen MR) is 128 cm³/mol. The lowest BCUT2D eigenvalue weighted by Gasteiger charge is -2.40. The summed E-state index contributed by atoms with van der Waals surface area (Å²) >= 11 is 0. The lowest BCUT2D eigenvalue weighted by molar-refractivity contribution is 0.0784. The molecule has 0 radical (unpaired) electrons. The highest BCUT2D eigenvalue weighted by Crippen LogP contribution is 2.33. The Labute approximate surface area is 206 Å². The Kier molecular flexibility index (Phi) is 7.56. The summed E-state index contributed by atoms with van der Waals surface area (Å²) in [6.07, 6.45) is 2.38. The third kappa shape index (κ3) is 5.05. The summed E-state index contributed by atoms with van der Waals surface area (Å²) in [5.74, 6) is -3.91. The molecule has 4 rings (SSSR count). The van der Waals surface area contributed by atoms with E-state index in [0.717, 1.165) is 23.9 Å². The van der Waals surface area contributed by atoms with Gasteiger partial charge in [-0.3, -0.25) is 9.78 Å². The maximum Gasteiger partial charge on any atom is 0.185 e. The Morgan fingerprint density at radius 3 is 2.64 bits per heavy atom. The largest absolute Gasteiger partial charge is 0.491 e. The molecule has 2 aromatic heterocycles. The van der Waals surface area contributed by atoms with Crippen molar-refractivity contribution >= 4 is 11.5 Å². The summed E-state index contributed by atoms with van der Waals surface area (Å²) in [4.78, 5) is 23.2. The van der Waals surface area contributed by atoms with Crippen LogP contribution in [-0.2, 0) is 6.42 Å². The molecule has 36 heavy (non-hydrogen) atoms. The number of carbonyl (C=O) groups excluding carboxylic acids is 1. The Balaban J connectivity index is 1.65. The summed E-state index contributed by atoms with van der Waals surface area (Å²) in [6.45, 7) is 4.58. The fourth-order valence-electron chi connectivity index (χ4n) is 4.43. The number of pyridine rings is 2. The quantitative estimate of drug-likeness (QED) is 0.479. The van der Waals surface area contributed by atoms with Gasteiger partial charge in [0.15, 0.2) is 17.3 Å². The molecule has 3 heterocycles. The monoisotopic (exact) mass is 500 g/mol. The zero-order valence-electron chi connectivity index (χ0n) is 19.9. The minimum absolute atomic E-state index is 0.0796. The molecule has 0 unspecified atom stereocenters. The number of anilines is 1. The van der Waals surface area contributed by atoms with Gasteiger partial charge in [-0.2, -0.15) is 0 Å². The van der Waals surface area contributed by atoms with Gasteiger partial charge in [-0.15, -0.1) is 0 Å². The van der Waals surface area contributed by atoms with Crippen LogP contribution in [0.15, 0.2) is 42.7 Å². The van der Waals surface area contributed by atoms with Crippen molar-refractivity contribution in [2.75, 3.05) is 24.6 Å². The highest BCUT2D eigenvalue weighted by Gasteiger charge is 2.32. The average Bonchev–Trinajstić information content (AvgIpc) is 2.85. The van der Waals surface area contributed by atoms with Gasteiger partial charge >= 0.3 is 0 Å². The molecule has 1 aromatic carbocycles. The number of rotatable bonds is 7. The van der Waals surface area contributed by atoms with Crippen LogP contribution < -0.4 is 15.4 Å². The minimum atomic E-state index is -1.10. The standard InChI is InChI=1S/C26H27F3N4O3/c1-3-36-22-7-5-16(27)23(24(22)29)25-17(28)4-6-19(32-25)21(34)10-15-11-31-9-8-20(15)33-12-14(2)26(35)18(30)13-33/h4-9,11,14,18,26,35H,3,10,12-13,30H2,1-2H3/t14-,18+,26+/m0/s1. The number of nitrogens with zero attached hydrogens (tertiary/aromatic N) is 3. The van der Waals surface area contributed by atoms with Crippen molar-refractivity contribution in [1.29, 1.82) is 0 Å². The van der Waals surface area contributed by atoms with E-state index in [4.69, 9.17) is 10.5 Å². The number of nitrogens with two attached hydrogens (primary N) is 1. The van der Waals surface area contributed by atoms with E-state index in [-0.39, 0.29) is 30.4 Å². The van der Waals surface area contributed by atoms with Gasteiger partial charge in [0, 0.05) is 55.1 Å². The number of hydrogen-bond acceptors (Lipinski definition) is 7. The van der Waals surface area contributed by atoms with Gasteiger partial charge < -0.3 is 20.5 Å². The first-order chi connectivity index (χ1) is 17.2. The number of hydrogen-bond donors (Lipinski definition) is 2. The number of aromatic nitrogens is 2. The van der Waals surface area contributed by atoms with E-state index in [2.05, 4.69) is 9.97 Å². The van der Waals surface area contributed by atoms with Crippen LogP contribution in [-0.4, -0.2) is 52.7 Å². The molecule has 1 aliphatic heterocycles. The molecule has 7 nitrogen and oxygen atoms in total. The van der Waals surface area contributed by atoms with Crippen molar-refractivity contribution in [2.45, 2.75) is 32.4 Å². The lowest BCUT2D eigenvalue weighted by atomic mass is 9.92. The summed E-state index contributed by atoms with van der Waals surface area (Å²) in [5.41, 5.74) is 5.93. The van der Waals surface area contributed by atoms with Crippen LogP contribution in [0.5, 0.6) is 5.75 Å². The van der Waals surface area contributed by atoms with Crippen LogP contribution in [0.1, 0.15) is 29.9 Å². The second-order valence-electron chi connectivity index (χ2n) is 8.84. The first-order valence-electron chi connectivity index (χ1n) is 11.6. The maximum absolute atomic E-state index is 14.9. The highest BCUT2D eigenvalue weighted by atomic mass is 19.1. The highest BCUT2D eigenvalue weighted by molar-refractivity contribution is 5.97. The number of Topliss-reactive ketones (excluding diaryl/α,β-unsaturated/α-hetero) is 1. The Hall–Kier alpha value is -3.50. The number of aliphatic hydroxyl groups is 1. The number of benzene rings is 1. The van der Waals surface area contributed by atoms with Crippen molar-refractivity contribution in [3.63, 3.8) is 0 Å². The van der Waals surface area contributed by atoms with Crippen molar-refractivity contribution in [1.82, 2.24) is 9.97 Å². The van der Waals surface area contributed by atoms with Crippen molar-refractivity contribution in [2.24, 2.45) is 11.7 Å². The summed E-state index contributed by atoms with van der Waals surface area (Å²) in [6, 6.07) is 5.51. The van der Waals surface area contributed by atoms with Gasteiger partial charge in [0.1, 0.15) is 23.0 Å². The molecule has 0 spiro atoms. The van der Waals surface area contributed by atoms with Gasteiger partial charge in [-0.05, 0) is 37.3 Å². The van der Waals surface area contributed by atoms with E-state index < -0.39 is 46.6 Å². The number of halogens is 3. The zero-order chi connectivity index (χ0) is 26.0. The third-order valence-electron chi connectivity index (χ3n) is 6.25. The zero-order valence-corrected chi connectivity index (χ0v) is 19.9. The first-order valence-corrected chi connectivity index (χ1v) is 11.6. The molecule has 0 saturated carbocycles. The Morgan fingerprint density at radius 2 is 1.92 bits per heavy atom. The topological polar surface area (TPSA) is 102 Å². The molecule has 1 saturated heterocycles. The second-order valence-corrected chi connectivity index (χ2v) is 8.84. The molecule has 0 aliphatic carbocycles. The first kappa shape index (κ1) is 25.6. The SMILES string of the molecule is CCOc1ccc(F)c(-c2nc(C(=O)Cc3cnccc3N3C[C@@H](N)[C@H](O)[C@@H](C)C3)ccc2F)c1F. The molecular formula is C26H27F3N4O3. The fourth-order valence-corrected chi connectivity index (χ4v) is 4.43. The number of piperidine rings is 1. The van der Waals surface area contributed by atoms with Crippen LogP contribution in [0.2, 0.25) is 0 Å². The van der Waals surface area contributed by atoms with Crippen molar-refractivity contribution < 1.29 is 27.8 Å². The van der Waals surface area contributed by atoms with Crippen LogP contribution in [0, 0.1) is 23.4 Å². The Bertz CT molecular complexity index is 1260. The molecule has 3 aromatic rings. The van der Waals surface area contributed by atoms with Gasteiger partial charge in [0.25, 0.3) is 0 Å². The number of aliphatic hydroxyl groups excluding tert-OH is 1. The molecule has 1 aliphatic rings. The van der Waals surface area contributed by atoms with E-state index in [0.29, 0.717) is 18.7 Å². The smallest absolute Gasteiger partial charge is 0.185 e. The molecule has 0 amide bonds. The molecule has 1 fully saturated rings.